The molecule has 0 spiro atoms. The largest absolute Gasteiger partial charge is 0.286 e. The van der Waals surface area contributed by atoms with Crippen LogP contribution in [0.25, 0.3) is 28.0 Å². The summed E-state index contributed by atoms with van der Waals surface area (Å²) in [4.78, 5) is 4.79. The number of fused-ring (bicyclic) bond motifs is 1. The molecule has 0 aliphatic rings. The Morgan fingerprint density at radius 1 is 0.923 bits per heavy atom. The minimum Gasteiger partial charge on any atom is -0.286 e. The predicted octanol–water partition coefficient (Wildman–Crippen LogP) is 4.67. The fourth-order valence-corrected chi connectivity index (χ4v) is 3.04. The molecule has 0 unspecified atom stereocenters. The standard InChI is InChI=1S/C21H13ClN4/c22-17-10-8-15(9-11-17)19-20(16-6-4-14(13-23)5-7-16)25-18-3-1-2-12-26(18)21(19)24/h1-12,24H. The lowest BCUT2D eigenvalue weighted by atomic mass is 9.99. The molecule has 26 heavy (non-hydrogen) atoms. The number of benzene rings is 2. The average Bonchev–Trinajstić information content (AvgIpc) is 2.69. The van der Waals surface area contributed by atoms with Gasteiger partial charge in [-0.1, -0.05) is 41.9 Å². The number of rotatable bonds is 2. The van der Waals surface area contributed by atoms with E-state index in [1.165, 1.54) is 0 Å². The van der Waals surface area contributed by atoms with Crippen molar-refractivity contribution in [1.82, 2.24) is 9.38 Å². The number of nitrogens with zero attached hydrogens (tertiary/aromatic N) is 3. The third-order valence-electron chi connectivity index (χ3n) is 4.20. The molecule has 124 valence electrons. The Kier molecular flexibility index (Phi) is 4.00. The fraction of sp³-hybridized carbons (Fsp3) is 0. The Hall–Kier alpha value is -3.42. The van der Waals surface area contributed by atoms with E-state index in [9.17, 15) is 0 Å². The maximum Gasteiger partial charge on any atom is 0.140 e. The molecule has 0 bridgehead atoms. The van der Waals surface area contributed by atoms with Crippen molar-refractivity contribution in [3.8, 4) is 28.5 Å². The first-order valence-corrected chi connectivity index (χ1v) is 8.37. The molecule has 0 amide bonds. The Morgan fingerprint density at radius 2 is 1.62 bits per heavy atom. The molecule has 1 N–H and O–H groups in total. The Morgan fingerprint density at radius 3 is 2.31 bits per heavy atom. The zero-order chi connectivity index (χ0) is 18.1. The highest BCUT2D eigenvalue weighted by Crippen LogP contribution is 2.29. The van der Waals surface area contributed by atoms with Crippen LogP contribution in [0.15, 0.2) is 72.9 Å². The first-order valence-electron chi connectivity index (χ1n) is 8.00. The number of pyridine rings is 1. The normalized spacial score (nSPS) is 10.6. The van der Waals surface area contributed by atoms with Crippen molar-refractivity contribution in [2.24, 2.45) is 0 Å². The first-order chi connectivity index (χ1) is 12.7. The minimum atomic E-state index is 0.345. The maximum absolute atomic E-state index is 9.03. The van der Waals surface area contributed by atoms with Crippen molar-refractivity contribution in [3.63, 3.8) is 0 Å². The van der Waals surface area contributed by atoms with Crippen molar-refractivity contribution in [2.75, 3.05) is 0 Å². The van der Waals surface area contributed by atoms with Crippen LogP contribution in [0.5, 0.6) is 0 Å². The molecule has 4 nitrogen and oxygen atoms in total. The van der Waals surface area contributed by atoms with E-state index in [-0.39, 0.29) is 0 Å². The lowest BCUT2D eigenvalue weighted by Gasteiger charge is -2.13. The molecule has 0 aliphatic carbocycles. The van der Waals surface area contributed by atoms with Crippen LogP contribution in [0.3, 0.4) is 0 Å². The third-order valence-corrected chi connectivity index (χ3v) is 4.45. The Balaban J connectivity index is 2.06. The highest BCUT2D eigenvalue weighted by molar-refractivity contribution is 6.30. The number of halogens is 1. The van der Waals surface area contributed by atoms with Gasteiger partial charge in [0.1, 0.15) is 11.1 Å². The van der Waals surface area contributed by atoms with Crippen molar-refractivity contribution >= 4 is 17.2 Å². The number of aromatic nitrogens is 2. The molecule has 2 aromatic heterocycles. The van der Waals surface area contributed by atoms with Gasteiger partial charge in [0.05, 0.1) is 22.9 Å². The van der Waals surface area contributed by atoms with Gasteiger partial charge < -0.3 is 0 Å². The van der Waals surface area contributed by atoms with E-state index in [1.807, 2.05) is 48.7 Å². The van der Waals surface area contributed by atoms with E-state index in [4.69, 9.17) is 27.3 Å². The maximum atomic E-state index is 9.03. The van der Waals surface area contributed by atoms with E-state index in [0.29, 0.717) is 27.4 Å². The van der Waals surface area contributed by atoms with Gasteiger partial charge in [0, 0.05) is 16.8 Å². The Labute approximate surface area is 155 Å². The van der Waals surface area contributed by atoms with Gasteiger partial charge in [0.15, 0.2) is 0 Å². The zero-order valence-corrected chi connectivity index (χ0v) is 14.4. The minimum absolute atomic E-state index is 0.345. The van der Waals surface area contributed by atoms with Crippen molar-refractivity contribution in [1.29, 1.82) is 10.7 Å². The SMILES string of the molecule is N#Cc1ccc(-c2nc3ccccn3c(=N)c2-c2ccc(Cl)cc2)cc1. The van der Waals surface area contributed by atoms with Gasteiger partial charge in [0.25, 0.3) is 0 Å². The number of nitrogens with one attached hydrogen (secondary N) is 1. The molecular weight excluding hydrogens is 344 g/mol. The first kappa shape index (κ1) is 16.1. The van der Waals surface area contributed by atoms with Crippen LogP contribution in [-0.2, 0) is 0 Å². The van der Waals surface area contributed by atoms with Gasteiger partial charge in [-0.05, 0) is 42.0 Å². The van der Waals surface area contributed by atoms with E-state index in [2.05, 4.69) is 6.07 Å². The van der Waals surface area contributed by atoms with Crippen molar-refractivity contribution in [3.05, 3.63) is 89.0 Å². The molecule has 2 heterocycles. The molecule has 0 fully saturated rings. The van der Waals surface area contributed by atoms with Crippen LogP contribution >= 0.6 is 11.6 Å². The molecule has 0 saturated carbocycles. The van der Waals surface area contributed by atoms with Crippen LogP contribution in [0.2, 0.25) is 5.02 Å². The van der Waals surface area contributed by atoms with E-state index in [1.54, 1.807) is 28.7 Å². The highest BCUT2D eigenvalue weighted by Gasteiger charge is 2.14. The highest BCUT2D eigenvalue weighted by atomic mass is 35.5. The zero-order valence-electron chi connectivity index (χ0n) is 13.6. The topological polar surface area (TPSA) is 64.9 Å². The Bertz CT molecular complexity index is 1200. The van der Waals surface area contributed by atoms with Crippen LogP contribution in [0, 0.1) is 16.7 Å². The lowest BCUT2D eigenvalue weighted by Crippen LogP contribution is -2.18. The molecule has 4 aromatic rings. The van der Waals surface area contributed by atoms with Gasteiger partial charge in [-0.2, -0.15) is 5.26 Å². The molecule has 0 atom stereocenters. The van der Waals surface area contributed by atoms with E-state index >= 15 is 0 Å². The van der Waals surface area contributed by atoms with E-state index < -0.39 is 0 Å². The molecular formula is C21H13ClN4. The van der Waals surface area contributed by atoms with Gasteiger partial charge in [-0.25, -0.2) is 4.98 Å². The molecule has 5 heteroatoms. The van der Waals surface area contributed by atoms with Crippen LogP contribution in [-0.4, -0.2) is 9.38 Å². The van der Waals surface area contributed by atoms with Crippen LogP contribution in [0.1, 0.15) is 5.56 Å². The smallest absolute Gasteiger partial charge is 0.140 e. The summed E-state index contributed by atoms with van der Waals surface area (Å²) in [7, 11) is 0. The molecule has 0 radical (unpaired) electrons. The average molecular weight is 357 g/mol. The second kappa shape index (κ2) is 6.47. The van der Waals surface area contributed by atoms with Crippen molar-refractivity contribution in [2.45, 2.75) is 0 Å². The summed E-state index contributed by atoms with van der Waals surface area (Å²) < 4.78 is 1.75. The summed E-state index contributed by atoms with van der Waals surface area (Å²) in [5.41, 5.74) is 4.76. The van der Waals surface area contributed by atoms with Gasteiger partial charge in [0.2, 0.25) is 0 Å². The number of hydrogen-bond acceptors (Lipinski definition) is 3. The van der Waals surface area contributed by atoms with Crippen molar-refractivity contribution < 1.29 is 0 Å². The summed E-state index contributed by atoms with van der Waals surface area (Å²) in [6.07, 6.45) is 1.83. The third kappa shape index (κ3) is 2.75. The van der Waals surface area contributed by atoms with Crippen LogP contribution in [0.4, 0.5) is 0 Å². The fourth-order valence-electron chi connectivity index (χ4n) is 2.92. The van der Waals surface area contributed by atoms with E-state index in [0.717, 1.165) is 16.7 Å². The van der Waals surface area contributed by atoms with Gasteiger partial charge in [-0.15, -0.1) is 0 Å². The summed E-state index contributed by atoms with van der Waals surface area (Å²) in [6.45, 7) is 0. The number of hydrogen-bond donors (Lipinski definition) is 1. The summed E-state index contributed by atoms with van der Waals surface area (Å²) >= 11 is 6.03. The summed E-state index contributed by atoms with van der Waals surface area (Å²) in [6, 6.07) is 22.4. The second-order valence-electron chi connectivity index (χ2n) is 5.81. The quantitative estimate of drug-likeness (QED) is 0.567. The summed E-state index contributed by atoms with van der Waals surface area (Å²) in [5, 5.41) is 18.4. The molecule has 2 aromatic carbocycles. The van der Waals surface area contributed by atoms with Gasteiger partial charge >= 0.3 is 0 Å². The summed E-state index contributed by atoms with van der Waals surface area (Å²) in [5.74, 6) is 0. The molecule has 0 saturated heterocycles. The monoisotopic (exact) mass is 356 g/mol. The van der Waals surface area contributed by atoms with Gasteiger partial charge in [-0.3, -0.25) is 9.81 Å². The number of nitriles is 1. The molecule has 0 aliphatic heterocycles. The lowest BCUT2D eigenvalue weighted by molar-refractivity contribution is 0.979. The van der Waals surface area contributed by atoms with Crippen LogP contribution < -0.4 is 5.49 Å². The molecule has 4 rings (SSSR count). The predicted molar refractivity (Wildman–Crippen MR) is 102 cm³/mol. The second-order valence-corrected chi connectivity index (χ2v) is 6.25.